The largest absolute Gasteiger partial charge is 0.352 e. The van der Waals surface area contributed by atoms with Gasteiger partial charge in [0.2, 0.25) is 11.8 Å². The Morgan fingerprint density at radius 2 is 1.71 bits per heavy atom. The minimum absolute atomic E-state index is 0.0130. The molecule has 2 rings (SSSR count). The standard InChI is InChI=1S/C22H27FN2O2S/c1-4-16(2)24-22(27)17(3)25(14-18-10-8-9-13-20(18)23)21(26)15-28-19-11-6-5-7-12-19/h5-13,16-17H,4,14-15H2,1-3H3,(H,24,27)/t16-,17+/m1/s1. The maximum absolute atomic E-state index is 14.1. The van der Waals surface area contributed by atoms with E-state index in [1.807, 2.05) is 44.2 Å². The normalized spacial score (nSPS) is 12.9. The predicted molar refractivity (Wildman–Crippen MR) is 111 cm³/mol. The Morgan fingerprint density at radius 1 is 1.07 bits per heavy atom. The number of benzene rings is 2. The second-order valence-electron chi connectivity index (χ2n) is 6.71. The van der Waals surface area contributed by atoms with Crippen molar-refractivity contribution in [3.8, 4) is 0 Å². The van der Waals surface area contributed by atoms with Crippen LogP contribution in [0.2, 0.25) is 0 Å². The van der Waals surface area contributed by atoms with Crippen molar-refractivity contribution in [2.45, 2.75) is 50.7 Å². The summed E-state index contributed by atoms with van der Waals surface area (Å²) in [7, 11) is 0. The second kappa shape index (κ2) is 10.9. The Balaban J connectivity index is 2.15. The number of carbonyl (C=O) groups excluding carboxylic acids is 2. The van der Waals surface area contributed by atoms with Crippen molar-refractivity contribution < 1.29 is 14.0 Å². The fourth-order valence-corrected chi connectivity index (χ4v) is 3.41. The van der Waals surface area contributed by atoms with Crippen molar-refractivity contribution in [1.29, 1.82) is 0 Å². The Labute approximate surface area is 170 Å². The molecule has 0 fully saturated rings. The summed E-state index contributed by atoms with van der Waals surface area (Å²) >= 11 is 1.40. The van der Waals surface area contributed by atoms with E-state index in [2.05, 4.69) is 5.32 Å². The first-order valence-corrected chi connectivity index (χ1v) is 10.4. The molecule has 0 aliphatic rings. The second-order valence-corrected chi connectivity index (χ2v) is 7.76. The van der Waals surface area contributed by atoms with Crippen LogP contribution >= 0.6 is 11.8 Å². The summed E-state index contributed by atoms with van der Waals surface area (Å²) in [6, 6.07) is 15.2. The van der Waals surface area contributed by atoms with Gasteiger partial charge in [-0.15, -0.1) is 11.8 Å². The number of thioether (sulfide) groups is 1. The molecule has 28 heavy (non-hydrogen) atoms. The maximum atomic E-state index is 14.1. The highest BCUT2D eigenvalue weighted by Crippen LogP contribution is 2.20. The third-order valence-electron chi connectivity index (χ3n) is 4.57. The van der Waals surface area contributed by atoms with Gasteiger partial charge in [0, 0.05) is 23.0 Å². The molecule has 0 unspecified atom stereocenters. The SMILES string of the molecule is CC[C@@H](C)NC(=O)[C@H](C)N(Cc1ccccc1F)C(=O)CSc1ccccc1. The van der Waals surface area contributed by atoms with E-state index in [1.165, 1.54) is 22.7 Å². The van der Waals surface area contributed by atoms with E-state index < -0.39 is 6.04 Å². The molecule has 0 spiro atoms. The lowest BCUT2D eigenvalue weighted by Gasteiger charge is -2.29. The van der Waals surface area contributed by atoms with Gasteiger partial charge in [0.15, 0.2) is 0 Å². The third kappa shape index (κ3) is 6.37. The van der Waals surface area contributed by atoms with Gasteiger partial charge in [-0.05, 0) is 38.5 Å². The van der Waals surface area contributed by atoms with E-state index in [1.54, 1.807) is 25.1 Å². The molecule has 0 aromatic heterocycles. The van der Waals surface area contributed by atoms with Crippen molar-refractivity contribution in [2.75, 3.05) is 5.75 Å². The van der Waals surface area contributed by atoms with E-state index in [0.29, 0.717) is 5.56 Å². The summed E-state index contributed by atoms with van der Waals surface area (Å²) in [5.74, 6) is -0.641. The molecule has 2 amide bonds. The van der Waals surface area contributed by atoms with Crippen LogP contribution in [0.15, 0.2) is 59.5 Å². The Morgan fingerprint density at radius 3 is 2.36 bits per heavy atom. The molecule has 6 heteroatoms. The fraction of sp³-hybridized carbons (Fsp3) is 0.364. The van der Waals surface area contributed by atoms with Crippen LogP contribution in [0.5, 0.6) is 0 Å². The quantitative estimate of drug-likeness (QED) is 0.638. The lowest BCUT2D eigenvalue weighted by Crippen LogP contribution is -2.50. The Kier molecular flexibility index (Phi) is 8.51. The number of hydrogen-bond acceptors (Lipinski definition) is 3. The highest BCUT2D eigenvalue weighted by molar-refractivity contribution is 8.00. The smallest absolute Gasteiger partial charge is 0.242 e. The summed E-state index contributed by atoms with van der Waals surface area (Å²) in [5.41, 5.74) is 0.392. The number of nitrogens with zero attached hydrogens (tertiary/aromatic N) is 1. The van der Waals surface area contributed by atoms with E-state index in [0.717, 1.165) is 11.3 Å². The molecule has 0 saturated heterocycles. The van der Waals surface area contributed by atoms with Crippen LogP contribution in [0.1, 0.15) is 32.8 Å². The zero-order valence-electron chi connectivity index (χ0n) is 16.5. The highest BCUT2D eigenvalue weighted by atomic mass is 32.2. The lowest BCUT2D eigenvalue weighted by atomic mass is 10.1. The van der Waals surface area contributed by atoms with Crippen LogP contribution in [0.4, 0.5) is 4.39 Å². The first-order valence-electron chi connectivity index (χ1n) is 9.43. The molecular weight excluding hydrogens is 375 g/mol. The molecule has 0 saturated carbocycles. The molecule has 2 atom stereocenters. The molecule has 150 valence electrons. The monoisotopic (exact) mass is 402 g/mol. The first-order chi connectivity index (χ1) is 13.4. The highest BCUT2D eigenvalue weighted by Gasteiger charge is 2.27. The molecular formula is C22H27FN2O2S. The average molecular weight is 403 g/mol. The third-order valence-corrected chi connectivity index (χ3v) is 5.57. The molecule has 0 bridgehead atoms. The molecule has 2 aromatic rings. The maximum Gasteiger partial charge on any atom is 0.242 e. The number of rotatable bonds is 9. The lowest BCUT2D eigenvalue weighted by molar-refractivity contribution is -0.139. The van der Waals surface area contributed by atoms with Crippen LogP contribution in [0.25, 0.3) is 0 Å². The van der Waals surface area contributed by atoms with Gasteiger partial charge in [0.05, 0.1) is 5.75 Å². The molecule has 0 aliphatic heterocycles. The Hall–Kier alpha value is -2.34. The predicted octanol–water partition coefficient (Wildman–Crippen LogP) is 4.25. The number of halogens is 1. The molecule has 1 N–H and O–H groups in total. The summed E-state index contributed by atoms with van der Waals surface area (Å²) in [6.45, 7) is 5.63. The van der Waals surface area contributed by atoms with Gasteiger partial charge >= 0.3 is 0 Å². The summed E-state index contributed by atoms with van der Waals surface area (Å²) in [5, 5.41) is 2.91. The number of nitrogens with one attached hydrogen (secondary N) is 1. The van der Waals surface area contributed by atoms with Gasteiger partial charge in [0.25, 0.3) is 0 Å². The molecule has 0 heterocycles. The summed E-state index contributed by atoms with van der Waals surface area (Å²) < 4.78 is 14.1. The first kappa shape index (κ1) is 22.0. The molecule has 0 radical (unpaired) electrons. The van der Waals surface area contributed by atoms with Crippen LogP contribution in [-0.4, -0.2) is 34.6 Å². The van der Waals surface area contributed by atoms with Gasteiger partial charge in [-0.2, -0.15) is 0 Å². The van der Waals surface area contributed by atoms with Gasteiger partial charge in [-0.3, -0.25) is 9.59 Å². The van der Waals surface area contributed by atoms with E-state index in [9.17, 15) is 14.0 Å². The van der Waals surface area contributed by atoms with Gasteiger partial charge in [0.1, 0.15) is 11.9 Å². The minimum Gasteiger partial charge on any atom is -0.352 e. The van der Waals surface area contributed by atoms with Gasteiger partial charge in [-0.1, -0.05) is 43.3 Å². The molecule has 0 aliphatic carbocycles. The van der Waals surface area contributed by atoms with E-state index in [4.69, 9.17) is 0 Å². The Bertz CT molecular complexity index is 785. The zero-order valence-corrected chi connectivity index (χ0v) is 17.3. The summed E-state index contributed by atoms with van der Waals surface area (Å²) in [6.07, 6.45) is 0.795. The minimum atomic E-state index is -0.697. The van der Waals surface area contributed by atoms with Crippen molar-refractivity contribution in [1.82, 2.24) is 10.2 Å². The summed E-state index contributed by atoms with van der Waals surface area (Å²) in [4.78, 5) is 28.0. The van der Waals surface area contributed by atoms with Crippen LogP contribution in [0.3, 0.4) is 0 Å². The average Bonchev–Trinajstić information content (AvgIpc) is 2.71. The van der Waals surface area contributed by atoms with E-state index >= 15 is 0 Å². The van der Waals surface area contributed by atoms with Crippen LogP contribution in [0, 0.1) is 5.82 Å². The topological polar surface area (TPSA) is 49.4 Å². The molecule has 2 aromatic carbocycles. The number of carbonyl (C=O) groups is 2. The van der Waals surface area contributed by atoms with E-state index in [-0.39, 0.29) is 36.0 Å². The molecule has 4 nitrogen and oxygen atoms in total. The van der Waals surface area contributed by atoms with Crippen molar-refractivity contribution in [3.05, 3.63) is 66.0 Å². The van der Waals surface area contributed by atoms with Crippen LogP contribution < -0.4 is 5.32 Å². The van der Waals surface area contributed by atoms with Crippen molar-refractivity contribution in [2.24, 2.45) is 0 Å². The number of hydrogen-bond donors (Lipinski definition) is 1. The zero-order chi connectivity index (χ0) is 20.5. The van der Waals surface area contributed by atoms with Crippen molar-refractivity contribution in [3.63, 3.8) is 0 Å². The van der Waals surface area contributed by atoms with Gasteiger partial charge in [-0.25, -0.2) is 4.39 Å². The fourth-order valence-electron chi connectivity index (χ4n) is 2.60. The van der Waals surface area contributed by atoms with Gasteiger partial charge < -0.3 is 10.2 Å². The van der Waals surface area contributed by atoms with Crippen molar-refractivity contribution >= 4 is 23.6 Å². The number of amides is 2. The van der Waals surface area contributed by atoms with Crippen LogP contribution in [-0.2, 0) is 16.1 Å².